The first-order valence-electron chi connectivity index (χ1n) is 7.81. The van der Waals surface area contributed by atoms with E-state index >= 15 is 0 Å². The Kier molecular flexibility index (Phi) is 6.01. The van der Waals surface area contributed by atoms with Gasteiger partial charge in [0.05, 0.1) is 12.8 Å². The van der Waals surface area contributed by atoms with Crippen LogP contribution in [0.3, 0.4) is 0 Å². The normalized spacial score (nSPS) is 11.1. The first-order valence-corrected chi connectivity index (χ1v) is 11.0. The Morgan fingerprint density at radius 2 is 1.86 bits per heavy atom. The summed E-state index contributed by atoms with van der Waals surface area (Å²) in [5.41, 5.74) is 0.522. The van der Waals surface area contributed by atoms with Crippen LogP contribution in [0.4, 0.5) is 15.8 Å². The summed E-state index contributed by atoms with van der Waals surface area (Å²) >= 11 is 4.31. The lowest BCUT2D eigenvalue weighted by Gasteiger charge is -2.12. The third-order valence-corrected chi connectivity index (χ3v) is 6.43. The van der Waals surface area contributed by atoms with E-state index in [1.165, 1.54) is 49.6 Å². The zero-order valence-corrected chi connectivity index (χ0v) is 17.6. The molecule has 1 heterocycles. The van der Waals surface area contributed by atoms with Crippen molar-refractivity contribution in [3.8, 4) is 5.75 Å². The molecule has 0 spiro atoms. The largest absolute Gasteiger partial charge is 0.495 e. The number of hydrogen-bond acceptors (Lipinski definition) is 5. The number of hydrogen-bond donors (Lipinski definition) is 2. The van der Waals surface area contributed by atoms with Crippen LogP contribution in [0.15, 0.2) is 63.3 Å². The van der Waals surface area contributed by atoms with Crippen LogP contribution >= 0.6 is 27.3 Å². The highest BCUT2D eigenvalue weighted by Gasteiger charge is 2.23. The molecule has 0 aliphatic rings. The van der Waals surface area contributed by atoms with Crippen molar-refractivity contribution < 1.29 is 22.3 Å². The van der Waals surface area contributed by atoms with E-state index in [4.69, 9.17) is 4.74 Å². The van der Waals surface area contributed by atoms with E-state index < -0.39 is 21.7 Å². The number of carbonyl (C=O) groups excluding carboxylic acids is 1. The maximum absolute atomic E-state index is 13.0. The van der Waals surface area contributed by atoms with Crippen molar-refractivity contribution >= 4 is 54.6 Å². The molecule has 3 aromatic rings. The second kappa shape index (κ2) is 8.29. The molecule has 28 heavy (non-hydrogen) atoms. The van der Waals surface area contributed by atoms with E-state index in [9.17, 15) is 17.6 Å². The van der Waals surface area contributed by atoms with Gasteiger partial charge in [0.2, 0.25) is 0 Å². The summed E-state index contributed by atoms with van der Waals surface area (Å²) in [6.07, 6.45) is 0. The van der Waals surface area contributed by atoms with Crippen LogP contribution in [0, 0.1) is 5.82 Å². The summed E-state index contributed by atoms with van der Waals surface area (Å²) in [6, 6.07) is 11.3. The minimum atomic E-state index is -4.01. The lowest BCUT2D eigenvalue weighted by molar-refractivity contribution is 0.103. The van der Waals surface area contributed by atoms with Crippen LogP contribution in [0.1, 0.15) is 9.67 Å². The number of rotatable bonds is 6. The number of sulfonamides is 1. The van der Waals surface area contributed by atoms with Gasteiger partial charge in [-0.25, -0.2) is 12.8 Å². The van der Waals surface area contributed by atoms with Gasteiger partial charge in [-0.05, 0) is 53.9 Å². The molecule has 1 amide bonds. The number of carbonyl (C=O) groups is 1. The maximum atomic E-state index is 13.0. The third kappa shape index (κ3) is 4.51. The van der Waals surface area contributed by atoms with Gasteiger partial charge in [0.1, 0.15) is 21.3 Å². The van der Waals surface area contributed by atoms with Crippen molar-refractivity contribution in [3.63, 3.8) is 0 Å². The predicted octanol–water partition coefficient (Wildman–Crippen LogP) is 4.71. The minimum Gasteiger partial charge on any atom is -0.495 e. The molecule has 0 fully saturated rings. The Bertz CT molecular complexity index is 1110. The summed E-state index contributed by atoms with van der Waals surface area (Å²) in [4.78, 5) is 12.6. The summed E-state index contributed by atoms with van der Waals surface area (Å²) in [5, 5.41) is 4.20. The fraction of sp³-hybridized carbons (Fsp3) is 0.0556. The molecule has 0 saturated heterocycles. The number of ether oxygens (including phenoxy) is 1. The summed E-state index contributed by atoms with van der Waals surface area (Å²) in [6.45, 7) is 0. The summed E-state index contributed by atoms with van der Waals surface area (Å²) in [7, 11) is -2.64. The van der Waals surface area contributed by atoms with Crippen molar-refractivity contribution in [3.05, 3.63) is 69.1 Å². The Labute approximate surface area is 173 Å². The van der Waals surface area contributed by atoms with Crippen molar-refractivity contribution in [1.82, 2.24) is 0 Å². The first-order chi connectivity index (χ1) is 13.3. The monoisotopic (exact) mass is 484 g/mol. The van der Waals surface area contributed by atoms with Crippen LogP contribution in [-0.2, 0) is 10.0 Å². The number of anilines is 2. The average Bonchev–Trinajstić information content (AvgIpc) is 3.11. The second-order valence-electron chi connectivity index (χ2n) is 5.53. The van der Waals surface area contributed by atoms with Gasteiger partial charge in [-0.2, -0.15) is 0 Å². The van der Waals surface area contributed by atoms with Crippen LogP contribution in [0.5, 0.6) is 5.75 Å². The number of thiophene rings is 1. The molecule has 2 N–H and O–H groups in total. The average molecular weight is 485 g/mol. The second-order valence-corrected chi connectivity index (χ2v) is 9.01. The van der Waals surface area contributed by atoms with E-state index in [1.54, 1.807) is 11.4 Å². The fourth-order valence-corrected chi connectivity index (χ4v) is 4.94. The predicted molar refractivity (Wildman–Crippen MR) is 110 cm³/mol. The summed E-state index contributed by atoms with van der Waals surface area (Å²) < 4.78 is 46.8. The molecule has 0 unspecified atom stereocenters. The van der Waals surface area contributed by atoms with E-state index in [2.05, 4.69) is 26.0 Å². The van der Waals surface area contributed by atoms with Gasteiger partial charge in [0.25, 0.3) is 15.9 Å². The van der Waals surface area contributed by atoms with Crippen LogP contribution in [0.25, 0.3) is 0 Å². The maximum Gasteiger partial charge on any atom is 0.267 e. The molecular formula is C18H14BrFN2O4S2. The van der Waals surface area contributed by atoms with E-state index in [-0.39, 0.29) is 21.2 Å². The topological polar surface area (TPSA) is 84.5 Å². The SMILES string of the molecule is COc1ccc(Br)cc1S(=O)(=O)Nc1ccsc1C(=O)Nc1ccc(F)cc1. The molecule has 6 nitrogen and oxygen atoms in total. The van der Waals surface area contributed by atoms with Crippen LogP contribution in [0.2, 0.25) is 0 Å². The van der Waals surface area contributed by atoms with Gasteiger partial charge < -0.3 is 10.1 Å². The molecule has 1 aromatic heterocycles. The Balaban J connectivity index is 1.86. The lowest BCUT2D eigenvalue weighted by atomic mass is 10.3. The standard InChI is InChI=1S/C18H14BrFN2O4S2/c1-26-15-7-2-11(19)10-16(15)28(24,25)22-14-8-9-27-17(14)18(23)21-13-5-3-12(20)4-6-13/h2-10,22H,1H3,(H,21,23). The van der Waals surface area contributed by atoms with E-state index in [0.29, 0.717) is 10.2 Å². The molecule has 0 atom stereocenters. The molecule has 146 valence electrons. The fourth-order valence-electron chi connectivity index (χ4n) is 2.35. The van der Waals surface area contributed by atoms with Crippen molar-refractivity contribution in [2.24, 2.45) is 0 Å². The number of amides is 1. The molecule has 0 aliphatic carbocycles. The molecule has 0 radical (unpaired) electrons. The highest BCUT2D eigenvalue weighted by atomic mass is 79.9. The Morgan fingerprint density at radius 3 is 2.54 bits per heavy atom. The third-order valence-electron chi connectivity index (χ3n) is 3.63. The van der Waals surface area contributed by atoms with Gasteiger partial charge in [-0.15, -0.1) is 11.3 Å². The highest BCUT2D eigenvalue weighted by Crippen LogP contribution is 2.31. The number of benzene rings is 2. The molecule has 0 bridgehead atoms. The van der Waals surface area contributed by atoms with Gasteiger partial charge in [-0.1, -0.05) is 15.9 Å². The van der Waals surface area contributed by atoms with Crippen LogP contribution in [-0.4, -0.2) is 21.4 Å². The molecule has 10 heteroatoms. The van der Waals surface area contributed by atoms with Crippen LogP contribution < -0.4 is 14.8 Å². The minimum absolute atomic E-state index is 0.0690. The van der Waals surface area contributed by atoms with Gasteiger partial charge >= 0.3 is 0 Å². The van der Waals surface area contributed by atoms with E-state index in [1.807, 2.05) is 0 Å². The zero-order chi connectivity index (χ0) is 20.3. The molecule has 0 aliphatic heterocycles. The van der Waals surface area contributed by atoms with Gasteiger partial charge in [-0.3, -0.25) is 9.52 Å². The quantitative estimate of drug-likeness (QED) is 0.530. The number of nitrogens with one attached hydrogen (secondary N) is 2. The lowest BCUT2D eigenvalue weighted by Crippen LogP contribution is -2.17. The van der Waals surface area contributed by atoms with E-state index in [0.717, 1.165) is 11.3 Å². The summed E-state index contributed by atoms with van der Waals surface area (Å²) in [5.74, 6) is -0.769. The number of halogens is 2. The Morgan fingerprint density at radius 1 is 1.14 bits per heavy atom. The molecular weight excluding hydrogens is 471 g/mol. The molecule has 0 saturated carbocycles. The Hall–Kier alpha value is -2.43. The van der Waals surface area contributed by atoms with Crippen molar-refractivity contribution in [1.29, 1.82) is 0 Å². The molecule has 3 rings (SSSR count). The molecule has 2 aromatic carbocycles. The van der Waals surface area contributed by atoms with Crippen molar-refractivity contribution in [2.75, 3.05) is 17.1 Å². The van der Waals surface area contributed by atoms with Gasteiger partial charge in [0, 0.05) is 10.2 Å². The number of methoxy groups -OCH3 is 1. The van der Waals surface area contributed by atoms with Crippen molar-refractivity contribution in [2.45, 2.75) is 4.90 Å². The highest BCUT2D eigenvalue weighted by molar-refractivity contribution is 9.10. The zero-order valence-electron chi connectivity index (χ0n) is 14.4. The van der Waals surface area contributed by atoms with Gasteiger partial charge in [0.15, 0.2) is 0 Å². The first kappa shape index (κ1) is 20.3. The smallest absolute Gasteiger partial charge is 0.267 e.